The Morgan fingerprint density at radius 1 is 1.58 bits per heavy atom. The van der Waals surface area contributed by atoms with Crippen LogP contribution in [0.1, 0.15) is 17.2 Å². The molecule has 0 fully saturated rings. The van der Waals surface area contributed by atoms with Crippen LogP contribution in [0.15, 0.2) is 30.9 Å². The van der Waals surface area contributed by atoms with Crippen molar-refractivity contribution in [1.82, 2.24) is 0 Å². The lowest BCUT2D eigenvalue weighted by atomic mass is 10.1. The molecule has 0 bridgehead atoms. The Hall–Kier alpha value is -0.790. The molecule has 0 heterocycles. The highest BCUT2D eigenvalue weighted by atomic mass is 35.5. The van der Waals surface area contributed by atoms with Crippen molar-refractivity contribution in [2.45, 2.75) is 13.0 Å². The van der Waals surface area contributed by atoms with E-state index in [1.54, 1.807) is 6.08 Å². The van der Waals surface area contributed by atoms with Gasteiger partial charge >= 0.3 is 0 Å². The van der Waals surface area contributed by atoms with Gasteiger partial charge in [-0.15, -0.1) is 6.58 Å². The van der Waals surface area contributed by atoms with Crippen molar-refractivity contribution in [3.8, 4) is 0 Å². The molecule has 2 heteroatoms. The van der Waals surface area contributed by atoms with E-state index >= 15 is 0 Å². The summed E-state index contributed by atoms with van der Waals surface area (Å²) >= 11 is 5.94. The Labute approximate surface area is 77.8 Å². The van der Waals surface area contributed by atoms with E-state index in [9.17, 15) is 0 Å². The molecule has 0 aromatic heterocycles. The van der Waals surface area contributed by atoms with Crippen LogP contribution < -0.4 is 5.73 Å². The average molecular weight is 182 g/mol. The smallest absolute Gasteiger partial charge is 0.0493 e. The predicted octanol–water partition coefficient (Wildman–Crippen LogP) is 2.83. The van der Waals surface area contributed by atoms with Crippen molar-refractivity contribution in [3.05, 3.63) is 47.0 Å². The molecule has 64 valence electrons. The van der Waals surface area contributed by atoms with E-state index in [0.717, 1.165) is 11.1 Å². The summed E-state index contributed by atoms with van der Waals surface area (Å²) in [5, 5.41) is 0.702. The normalized spacial score (nSPS) is 12.6. The van der Waals surface area contributed by atoms with Crippen LogP contribution in [0.2, 0.25) is 5.02 Å². The summed E-state index contributed by atoms with van der Waals surface area (Å²) in [6.07, 6.45) is 1.68. The van der Waals surface area contributed by atoms with Gasteiger partial charge in [-0.2, -0.15) is 0 Å². The van der Waals surface area contributed by atoms with E-state index in [1.165, 1.54) is 0 Å². The Bertz CT molecular complexity index is 294. The molecule has 0 spiro atoms. The van der Waals surface area contributed by atoms with Crippen LogP contribution in [-0.2, 0) is 0 Å². The van der Waals surface area contributed by atoms with Crippen molar-refractivity contribution >= 4 is 11.6 Å². The number of aryl methyl sites for hydroxylation is 1. The van der Waals surface area contributed by atoms with Gasteiger partial charge in [-0.05, 0) is 18.6 Å². The van der Waals surface area contributed by atoms with Crippen molar-refractivity contribution in [2.75, 3.05) is 0 Å². The summed E-state index contributed by atoms with van der Waals surface area (Å²) in [6.45, 7) is 5.63. The third-order valence-corrected chi connectivity index (χ3v) is 2.11. The second-order valence-electron chi connectivity index (χ2n) is 2.79. The van der Waals surface area contributed by atoms with Gasteiger partial charge in [0.05, 0.1) is 0 Å². The topological polar surface area (TPSA) is 26.0 Å². The lowest BCUT2D eigenvalue weighted by Crippen LogP contribution is -2.07. The van der Waals surface area contributed by atoms with Gasteiger partial charge in [-0.1, -0.05) is 35.4 Å². The number of nitrogens with two attached hydrogens (primary N) is 1. The third-order valence-electron chi connectivity index (χ3n) is 1.76. The molecule has 1 unspecified atom stereocenters. The van der Waals surface area contributed by atoms with Gasteiger partial charge in [-0.3, -0.25) is 0 Å². The summed E-state index contributed by atoms with van der Waals surface area (Å²) in [4.78, 5) is 0. The summed E-state index contributed by atoms with van der Waals surface area (Å²) in [5.41, 5.74) is 7.86. The molecule has 1 nitrogen and oxygen atoms in total. The van der Waals surface area contributed by atoms with Gasteiger partial charge < -0.3 is 5.73 Å². The highest BCUT2D eigenvalue weighted by molar-refractivity contribution is 6.31. The Kier molecular flexibility index (Phi) is 2.90. The standard InChI is InChI=1S/C10H12ClN/c1-3-10(12)8-6-7(2)4-5-9(8)11/h3-6,10H,1,12H2,2H3. The van der Waals surface area contributed by atoms with Crippen molar-refractivity contribution < 1.29 is 0 Å². The molecular formula is C10H12ClN. The molecule has 0 aliphatic heterocycles. The summed E-state index contributed by atoms with van der Waals surface area (Å²) in [5.74, 6) is 0. The molecule has 0 aliphatic carbocycles. The predicted molar refractivity (Wildman–Crippen MR) is 53.3 cm³/mol. The number of rotatable bonds is 2. The number of benzene rings is 1. The fourth-order valence-electron chi connectivity index (χ4n) is 1.05. The molecule has 1 atom stereocenters. The molecule has 12 heavy (non-hydrogen) atoms. The quantitative estimate of drug-likeness (QED) is 0.698. The Morgan fingerprint density at radius 2 is 2.25 bits per heavy atom. The molecule has 0 amide bonds. The average Bonchev–Trinajstić information content (AvgIpc) is 2.08. The third kappa shape index (κ3) is 1.87. The van der Waals surface area contributed by atoms with Gasteiger partial charge in [0.1, 0.15) is 0 Å². The minimum absolute atomic E-state index is 0.169. The summed E-state index contributed by atoms with van der Waals surface area (Å²) < 4.78 is 0. The molecule has 2 N–H and O–H groups in total. The fraction of sp³-hybridized carbons (Fsp3) is 0.200. The van der Waals surface area contributed by atoms with Gasteiger partial charge in [0, 0.05) is 11.1 Å². The zero-order valence-corrected chi connectivity index (χ0v) is 7.81. The molecule has 0 radical (unpaired) electrons. The maximum absolute atomic E-state index is 5.94. The zero-order valence-electron chi connectivity index (χ0n) is 7.05. The van der Waals surface area contributed by atoms with E-state index in [2.05, 4.69) is 6.58 Å². The van der Waals surface area contributed by atoms with E-state index < -0.39 is 0 Å². The number of hydrogen-bond acceptors (Lipinski definition) is 1. The Morgan fingerprint density at radius 3 is 2.83 bits per heavy atom. The highest BCUT2D eigenvalue weighted by Gasteiger charge is 2.05. The lowest BCUT2D eigenvalue weighted by molar-refractivity contribution is 0.912. The SMILES string of the molecule is C=CC(N)c1cc(C)ccc1Cl. The minimum atomic E-state index is -0.169. The van der Waals surface area contributed by atoms with Crippen molar-refractivity contribution in [1.29, 1.82) is 0 Å². The fourth-order valence-corrected chi connectivity index (χ4v) is 1.29. The zero-order chi connectivity index (χ0) is 9.14. The maximum Gasteiger partial charge on any atom is 0.0493 e. The van der Waals surface area contributed by atoms with Crippen molar-refractivity contribution in [2.24, 2.45) is 5.73 Å². The molecule has 1 rings (SSSR count). The molecule has 0 saturated carbocycles. The first-order valence-corrected chi connectivity index (χ1v) is 4.17. The van der Waals surface area contributed by atoms with E-state index in [0.29, 0.717) is 5.02 Å². The van der Waals surface area contributed by atoms with E-state index in [-0.39, 0.29) is 6.04 Å². The van der Waals surface area contributed by atoms with Crippen LogP contribution in [0.3, 0.4) is 0 Å². The molecule has 1 aromatic carbocycles. The van der Waals surface area contributed by atoms with Crippen LogP contribution >= 0.6 is 11.6 Å². The molecule has 0 aliphatic rings. The summed E-state index contributed by atoms with van der Waals surface area (Å²) in [7, 11) is 0. The first-order chi connectivity index (χ1) is 5.65. The molecule has 0 saturated heterocycles. The summed E-state index contributed by atoms with van der Waals surface area (Å²) in [6, 6.07) is 5.63. The number of halogens is 1. The first kappa shape index (κ1) is 9.30. The van der Waals surface area contributed by atoms with Crippen LogP contribution in [0, 0.1) is 6.92 Å². The highest BCUT2D eigenvalue weighted by Crippen LogP contribution is 2.22. The van der Waals surface area contributed by atoms with E-state index in [1.807, 2.05) is 25.1 Å². The molecular weight excluding hydrogens is 170 g/mol. The van der Waals surface area contributed by atoms with Crippen LogP contribution in [0.4, 0.5) is 0 Å². The van der Waals surface area contributed by atoms with Gasteiger partial charge in [0.25, 0.3) is 0 Å². The van der Waals surface area contributed by atoms with Crippen LogP contribution in [0.5, 0.6) is 0 Å². The number of hydrogen-bond donors (Lipinski definition) is 1. The largest absolute Gasteiger partial charge is 0.321 e. The lowest BCUT2D eigenvalue weighted by Gasteiger charge is -2.09. The van der Waals surface area contributed by atoms with Gasteiger partial charge in [0.2, 0.25) is 0 Å². The minimum Gasteiger partial charge on any atom is -0.321 e. The van der Waals surface area contributed by atoms with Crippen molar-refractivity contribution in [3.63, 3.8) is 0 Å². The van der Waals surface area contributed by atoms with Crippen LogP contribution in [0.25, 0.3) is 0 Å². The van der Waals surface area contributed by atoms with Gasteiger partial charge in [0.15, 0.2) is 0 Å². The van der Waals surface area contributed by atoms with Gasteiger partial charge in [-0.25, -0.2) is 0 Å². The van der Waals surface area contributed by atoms with Crippen LogP contribution in [-0.4, -0.2) is 0 Å². The maximum atomic E-state index is 5.94. The monoisotopic (exact) mass is 181 g/mol. The second kappa shape index (κ2) is 3.74. The van der Waals surface area contributed by atoms with E-state index in [4.69, 9.17) is 17.3 Å². The first-order valence-electron chi connectivity index (χ1n) is 3.79. The molecule has 1 aromatic rings. The Balaban J connectivity index is 3.12. The second-order valence-corrected chi connectivity index (χ2v) is 3.19.